The summed E-state index contributed by atoms with van der Waals surface area (Å²) in [5.74, 6) is -0.486. The normalized spacial score (nSPS) is 13.9. The van der Waals surface area contributed by atoms with Crippen molar-refractivity contribution in [1.29, 1.82) is 0 Å². The maximum Gasteiger partial charge on any atom is 0.262 e. The molecule has 0 aromatic heterocycles. The molecule has 1 atom stereocenters. The van der Waals surface area contributed by atoms with Gasteiger partial charge in [-0.25, -0.2) is 8.42 Å². The molecule has 0 aliphatic heterocycles. The number of nitrogens with one attached hydrogen (secondary N) is 1. The van der Waals surface area contributed by atoms with Crippen molar-refractivity contribution >= 4 is 48.8 Å². The van der Waals surface area contributed by atoms with Gasteiger partial charge in [0.15, 0.2) is 0 Å². The van der Waals surface area contributed by atoms with Crippen LogP contribution in [0.1, 0.15) is 38.1 Å². The van der Waals surface area contributed by atoms with Gasteiger partial charge in [0, 0.05) is 16.7 Å². The quantitative estimate of drug-likeness (QED) is 0.813. The first kappa shape index (κ1) is 18.6. The van der Waals surface area contributed by atoms with Crippen LogP contribution in [0.25, 0.3) is 0 Å². The van der Waals surface area contributed by atoms with Crippen LogP contribution in [0, 0.1) is 5.41 Å². The monoisotopic (exact) mass is 371 g/mol. The summed E-state index contributed by atoms with van der Waals surface area (Å²) in [6.07, 6.45) is 0. The van der Waals surface area contributed by atoms with Crippen LogP contribution in [0.3, 0.4) is 0 Å². The Morgan fingerprint density at radius 2 is 1.71 bits per heavy atom. The van der Waals surface area contributed by atoms with E-state index in [-0.39, 0.29) is 32.0 Å². The molecule has 0 spiro atoms. The number of hydrogen-bond acceptors (Lipinski definition) is 3. The van der Waals surface area contributed by atoms with Crippen molar-refractivity contribution in [3.8, 4) is 0 Å². The summed E-state index contributed by atoms with van der Waals surface area (Å²) >= 11 is 11.8. The Hall–Kier alpha value is -0.490. The van der Waals surface area contributed by atoms with Crippen molar-refractivity contribution < 1.29 is 13.2 Å². The molecule has 0 bridgehead atoms. The third kappa shape index (κ3) is 4.74. The largest absolute Gasteiger partial charge is 0.349 e. The van der Waals surface area contributed by atoms with Gasteiger partial charge >= 0.3 is 0 Å². The number of carbonyl (C=O) groups excluding carboxylic acids is 1. The number of benzene rings is 1. The van der Waals surface area contributed by atoms with Gasteiger partial charge in [0.2, 0.25) is 0 Å². The lowest BCUT2D eigenvalue weighted by atomic mass is 9.88. The van der Waals surface area contributed by atoms with Crippen molar-refractivity contribution in [2.24, 2.45) is 5.41 Å². The number of carbonyl (C=O) groups is 1. The Labute approximate surface area is 139 Å². The van der Waals surface area contributed by atoms with Crippen molar-refractivity contribution in [1.82, 2.24) is 5.32 Å². The first-order chi connectivity index (χ1) is 9.34. The highest BCUT2D eigenvalue weighted by Gasteiger charge is 2.25. The molecule has 1 unspecified atom stereocenters. The number of hydrogen-bond donors (Lipinski definition) is 1. The zero-order valence-electron chi connectivity index (χ0n) is 12.0. The van der Waals surface area contributed by atoms with Crippen LogP contribution in [0.4, 0.5) is 0 Å². The highest BCUT2D eigenvalue weighted by Crippen LogP contribution is 2.31. The first-order valence-corrected chi connectivity index (χ1v) is 9.15. The summed E-state index contributed by atoms with van der Waals surface area (Å²) in [5, 5.41) is 2.70. The summed E-state index contributed by atoms with van der Waals surface area (Å²) in [6, 6.07) is 2.13. The van der Waals surface area contributed by atoms with E-state index in [1.54, 1.807) is 0 Å². The van der Waals surface area contributed by atoms with E-state index in [9.17, 15) is 13.2 Å². The lowest BCUT2D eigenvalue weighted by molar-refractivity contribution is 0.0910. The van der Waals surface area contributed by atoms with E-state index in [1.807, 2.05) is 27.7 Å². The molecule has 1 rings (SSSR count). The predicted molar refractivity (Wildman–Crippen MR) is 85.9 cm³/mol. The minimum absolute atomic E-state index is 0.0105. The Morgan fingerprint density at radius 1 is 1.19 bits per heavy atom. The van der Waals surface area contributed by atoms with Crippen LogP contribution in [0.5, 0.6) is 0 Å². The number of halogens is 3. The number of rotatable bonds is 3. The predicted octanol–water partition coefficient (Wildman–Crippen LogP) is 4.09. The second-order valence-corrected chi connectivity index (χ2v) is 9.11. The smallest absolute Gasteiger partial charge is 0.262 e. The number of amides is 1. The second-order valence-electron chi connectivity index (χ2n) is 5.76. The van der Waals surface area contributed by atoms with Gasteiger partial charge in [0.1, 0.15) is 4.90 Å². The average Bonchev–Trinajstić information content (AvgIpc) is 2.25. The van der Waals surface area contributed by atoms with E-state index in [2.05, 4.69) is 5.32 Å². The second kappa shape index (κ2) is 6.32. The molecule has 118 valence electrons. The summed E-state index contributed by atoms with van der Waals surface area (Å²) in [6.45, 7) is 7.75. The fourth-order valence-electron chi connectivity index (χ4n) is 1.38. The molecule has 21 heavy (non-hydrogen) atoms. The van der Waals surface area contributed by atoms with E-state index >= 15 is 0 Å². The molecule has 1 N–H and O–H groups in total. The zero-order valence-corrected chi connectivity index (χ0v) is 15.1. The van der Waals surface area contributed by atoms with Crippen LogP contribution in [-0.2, 0) is 9.05 Å². The van der Waals surface area contributed by atoms with Gasteiger partial charge < -0.3 is 5.32 Å². The van der Waals surface area contributed by atoms with E-state index in [0.717, 1.165) is 6.07 Å². The highest BCUT2D eigenvalue weighted by atomic mass is 35.7. The standard InChI is InChI=1S/C13H16Cl3NO3S/c1-7(13(2,3)4)17-12(18)8-5-11(21(16,19)20)10(15)6-9(8)14/h5-7H,1-4H3,(H,17,18). The molecule has 1 aromatic carbocycles. The Kier molecular flexibility index (Phi) is 5.59. The zero-order chi connectivity index (χ0) is 16.6. The topological polar surface area (TPSA) is 63.2 Å². The van der Waals surface area contributed by atoms with Crippen LogP contribution < -0.4 is 5.32 Å². The molecular formula is C13H16Cl3NO3S. The third-order valence-electron chi connectivity index (χ3n) is 3.18. The van der Waals surface area contributed by atoms with Gasteiger partial charge in [-0.15, -0.1) is 0 Å². The fourth-order valence-corrected chi connectivity index (χ4v) is 3.21. The minimum Gasteiger partial charge on any atom is -0.349 e. The maximum absolute atomic E-state index is 12.2. The lowest BCUT2D eigenvalue weighted by Gasteiger charge is -2.28. The van der Waals surface area contributed by atoms with Gasteiger partial charge in [-0.2, -0.15) is 0 Å². The highest BCUT2D eigenvalue weighted by molar-refractivity contribution is 8.13. The Morgan fingerprint density at radius 3 is 2.14 bits per heavy atom. The van der Waals surface area contributed by atoms with Crippen LogP contribution in [-0.4, -0.2) is 20.4 Å². The molecule has 0 fully saturated rings. The Bertz CT molecular complexity index is 666. The SMILES string of the molecule is CC(NC(=O)c1cc(S(=O)(=O)Cl)c(Cl)cc1Cl)C(C)(C)C. The molecule has 0 heterocycles. The van der Waals surface area contributed by atoms with Crippen LogP contribution >= 0.6 is 33.9 Å². The van der Waals surface area contributed by atoms with Crippen LogP contribution in [0.2, 0.25) is 10.0 Å². The van der Waals surface area contributed by atoms with E-state index in [1.165, 1.54) is 6.07 Å². The first-order valence-electron chi connectivity index (χ1n) is 6.08. The van der Waals surface area contributed by atoms with Crippen molar-refractivity contribution in [2.45, 2.75) is 38.6 Å². The molecule has 0 aliphatic carbocycles. The van der Waals surface area contributed by atoms with E-state index in [4.69, 9.17) is 33.9 Å². The average molecular weight is 373 g/mol. The van der Waals surface area contributed by atoms with Crippen molar-refractivity contribution in [3.63, 3.8) is 0 Å². The molecule has 4 nitrogen and oxygen atoms in total. The molecule has 8 heteroatoms. The van der Waals surface area contributed by atoms with Gasteiger partial charge in [0.25, 0.3) is 15.0 Å². The fraction of sp³-hybridized carbons (Fsp3) is 0.462. The summed E-state index contributed by atoms with van der Waals surface area (Å²) in [4.78, 5) is 11.9. The molecular weight excluding hydrogens is 357 g/mol. The van der Waals surface area contributed by atoms with Crippen LogP contribution in [0.15, 0.2) is 17.0 Å². The van der Waals surface area contributed by atoms with E-state index < -0.39 is 15.0 Å². The minimum atomic E-state index is -4.06. The molecule has 1 aromatic rings. The molecule has 0 radical (unpaired) electrons. The van der Waals surface area contributed by atoms with Gasteiger partial charge in [0.05, 0.1) is 15.6 Å². The summed E-state index contributed by atoms with van der Waals surface area (Å²) in [5.41, 5.74) is -0.146. The molecule has 1 amide bonds. The molecule has 0 aliphatic rings. The Balaban J connectivity index is 3.23. The molecule has 0 saturated heterocycles. The third-order valence-corrected chi connectivity index (χ3v) is 5.27. The van der Waals surface area contributed by atoms with Gasteiger partial charge in [-0.1, -0.05) is 44.0 Å². The van der Waals surface area contributed by atoms with Crippen molar-refractivity contribution in [3.05, 3.63) is 27.7 Å². The van der Waals surface area contributed by atoms with Crippen molar-refractivity contribution in [2.75, 3.05) is 0 Å². The van der Waals surface area contributed by atoms with E-state index in [0.29, 0.717) is 0 Å². The maximum atomic E-state index is 12.2. The summed E-state index contributed by atoms with van der Waals surface area (Å²) < 4.78 is 22.9. The van der Waals surface area contributed by atoms with Gasteiger partial charge in [-0.3, -0.25) is 4.79 Å². The summed E-state index contributed by atoms with van der Waals surface area (Å²) in [7, 11) is 1.22. The lowest BCUT2D eigenvalue weighted by Crippen LogP contribution is -2.41. The van der Waals surface area contributed by atoms with Gasteiger partial charge in [-0.05, 0) is 24.5 Å². The molecule has 0 saturated carbocycles.